The summed E-state index contributed by atoms with van der Waals surface area (Å²) in [6, 6.07) is 6.34. The van der Waals surface area contributed by atoms with Crippen molar-refractivity contribution in [3.63, 3.8) is 0 Å². The highest BCUT2D eigenvalue weighted by Crippen LogP contribution is 2.30. The van der Waals surface area contributed by atoms with Gasteiger partial charge in [0.15, 0.2) is 24.5 Å². The Hall–Kier alpha value is -3.47. The molecule has 1 fully saturated rings. The molecule has 1 aliphatic heterocycles. The summed E-state index contributed by atoms with van der Waals surface area (Å²) in [4.78, 5) is 50.8. The van der Waals surface area contributed by atoms with Crippen LogP contribution in [0.1, 0.15) is 33.3 Å². The molecule has 32 heavy (non-hydrogen) atoms. The highest BCUT2D eigenvalue weighted by molar-refractivity contribution is 5.83. The molecule has 1 N–H and O–H groups in total. The van der Waals surface area contributed by atoms with Crippen LogP contribution in [0, 0.1) is 0 Å². The van der Waals surface area contributed by atoms with Gasteiger partial charge in [0.05, 0.1) is 0 Å². The first-order chi connectivity index (χ1) is 15.1. The number of carbonyl (C=O) groups is 4. The van der Waals surface area contributed by atoms with Crippen molar-refractivity contribution in [2.24, 2.45) is 4.99 Å². The second-order valence-corrected chi connectivity index (χ2v) is 6.93. The van der Waals surface area contributed by atoms with E-state index in [1.54, 1.807) is 18.2 Å². The predicted molar refractivity (Wildman–Crippen MR) is 108 cm³/mol. The summed E-state index contributed by atoms with van der Waals surface area (Å²) in [5.41, 5.74) is 0.348. The Bertz CT molecular complexity index is 883. The van der Waals surface area contributed by atoms with Gasteiger partial charge in [0.1, 0.15) is 18.5 Å². The lowest BCUT2D eigenvalue weighted by Crippen LogP contribution is -2.62. The van der Waals surface area contributed by atoms with Gasteiger partial charge >= 0.3 is 23.9 Å². The zero-order valence-corrected chi connectivity index (χ0v) is 18.0. The summed E-state index contributed by atoms with van der Waals surface area (Å²) < 4.78 is 26.7. The van der Waals surface area contributed by atoms with E-state index in [9.17, 15) is 24.3 Å². The number of phenols is 1. The van der Waals surface area contributed by atoms with Gasteiger partial charge in [0, 0.05) is 39.5 Å². The average molecular weight is 451 g/mol. The van der Waals surface area contributed by atoms with E-state index in [1.807, 2.05) is 0 Å². The van der Waals surface area contributed by atoms with Crippen LogP contribution in [0.15, 0.2) is 29.3 Å². The van der Waals surface area contributed by atoms with Crippen molar-refractivity contribution in [2.75, 3.05) is 6.61 Å². The van der Waals surface area contributed by atoms with Crippen LogP contribution >= 0.6 is 0 Å². The molecule has 11 nitrogen and oxygen atoms in total. The van der Waals surface area contributed by atoms with Gasteiger partial charge in [-0.25, -0.2) is 0 Å². The number of phenolic OH excluding ortho intramolecular Hbond substituents is 1. The summed E-state index contributed by atoms with van der Waals surface area (Å²) in [5, 5.41) is 9.96. The second-order valence-electron chi connectivity index (χ2n) is 6.93. The van der Waals surface area contributed by atoms with Crippen molar-refractivity contribution < 1.29 is 48.0 Å². The highest BCUT2D eigenvalue weighted by Gasteiger charge is 2.52. The molecule has 0 aromatic heterocycles. The van der Waals surface area contributed by atoms with Crippen LogP contribution < -0.4 is 0 Å². The molecule has 0 radical (unpaired) electrons. The number of aromatic hydroxyl groups is 1. The van der Waals surface area contributed by atoms with E-state index in [1.165, 1.54) is 19.2 Å². The van der Waals surface area contributed by atoms with Crippen LogP contribution in [0.3, 0.4) is 0 Å². The van der Waals surface area contributed by atoms with Crippen molar-refractivity contribution in [3.8, 4) is 5.75 Å². The van der Waals surface area contributed by atoms with Gasteiger partial charge in [-0.15, -0.1) is 0 Å². The Kier molecular flexibility index (Phi) is 8.71. The number of hydrogen-bond donors (Lipinski definition) is 1. The van der Waals surface area contributed by atoms with E-state index < -0.39 is 54.5 Å². The van der Waals surface area contributed by atoms with Crippen molar-refractivity contribution in [3.05, 3.63) is 29.8 Å². The minimum absolute atomic E-state index is 0.0538. The largest absolute Gasteiger partial charge is 0.507 e. The molecule has 0 bridgehead atoms. The number of aliphatic imine (C=N–C) groups is 1. The quantitative estimate of drug-likeness (QED) is 0.360. The molecular weight excluding hydrogens is 426 g/mol. The summed E-state index contributed by atoms with van der Waals surface area (Å²) in [7, 11) is 0. The summed E-state index contributed by atoms with van der Waals surface area (Å²) in [5.74, 6) is -2.85. The molecule has 0 saturated carbocycles. The van der Waals surface area contributed by atoms with Gasteiger partial charge in [-0.05, 0) is 12.1 Å². The Labute approximate surface area is 184 Å². The van der Waals surface area contributed by atoms with E-state index in [4.69, 9.17) is 23.7 Å². The molecule has 1 aromatic carbocycles. The van der Waals surface area contributed by atoms with E-state index in [0.717, 1.165) is 20.8 Å². The zero-order chi connectivity index (χ0) is 23.8. The second kappa shape index (κ2) is 11.2. The average Bonchev–Trinajstić information content (AvgIpc) is 2.68. The Balaban J connectivity index is 2.47. The van der Waals surface area contributed by atoms with Gasteiger partial charge in [0.2, 0.25) is 0 Å². The summed E-state index contributed by atoms with van der Waals surface area (Å²) in [6.07, 6.45) is -4.90. The SMILES string of the molecule is CC(=O)OC[C@@H]1O[C@H](N=Cc2ccccc2O)[C@H](OC(C)=O)[C@H](OC(C)=O)[C@H]1OC(C)=O. The number of hydrogen-bond acceptors (Lipinski definition) is 11. The number of rotatable bonds is 7. The first-order valence-electron chi connectivity index (χ1n) is 9.70. The van der Waals surface area contributed by atoms with Crippen molar-refractivity contribution in [1.29, 1.82) is 0 Å². The number of nitrogens with zero attached hydrogens (tertiary/aromatic N) is 1. The van der Waals surface area contributed by atoms with Crippen LogP contribution in [0.2, 0.25) is 0 Å². The standard InChI is InChI=1S/C21H25NO10/c1-11(23)28-10-17-18(29-12(2)24)19(30-13(3)25)20(31-14(4)26)21(32-17)22-9-15-7-5-6-8-16(15)27/h5-9,17-21,27H,10H2,1-4H3/t17-,18-,19+,20+,21-/m0/s1. The van der Waals surface area contributed by atoms with Gasteiger partial charge in [-0.2, -0.15) is 0 Å². The number of benzene rings is 1. The van der Waals surface area contributed by atoms with Gasteiger partial charge in [0.25, 0.3) is 0 Å². The Morgan fingerprint density at radius 2 is 1.47 bits per heavy atom. The molecule has 1 aromatic rings. The molecule has 174 valence electrons. The minimum atomic E-state index is -1.30. The highest BCUT2D eigenvalue weighted by atomic mass is 16.7. The van der Waals surface area contributed by atoms with Crippen molar-refractivity contribution in [2.45, 2.75) is 58.3 Å². The maximum absolute atomic E-state index is 11.8. The van der Waals surface area contributed by atoms with E-state index >= 15 is 0 Å². The molecular formula is C21H25NO10. The molecule has 1 aliphatic rings. The third kappa shape index (κ3) is 7.05. The van der Waals surface area contributed by atoms with Crippen LogP contribution in [-0.2, 0) is 42.9 Å². The number of carbonyl (C=O) groups excluding carboxylic acids is 4. The minimum Gasteiger partial charge on any atom is -0.507 e. The number of ether oxygens (including phenoxy) is 5. The van der Waals surface area contributed by atoms with Crippen LogP contribution in [-0.4, -0.2) is 72.4 Å². The van der Waals surface area contributed by atoms with Crippen LogP contribution in [0.5, 0.6) is 5.75 Å². The first kappa shape index (κ1) is 24.8. The normalized spacial score (nSPS) is 25.1. The van der Waals surface area contributed by atoms with E-state index in [2.05, 4.69) is 4.99 Å². The molecule has 0 aliphatic carbocycles. The molecule has 11 heteroatoms. The molecule has 1 heterocycles. The first-order valence-corrected chi connectivity index (χ1v) is 9.70. The number of esters is 4. The summed E-state index contributed by atoms with van der Waals surface area (Å²) in [6.45, 7) is 4.24. The van der Waals surface area contributed by atoms with Gasteiger partial charge < -0.3 is 28.8 Å². The summed E-state index contributed by atoms with van der Waals surface area (Å²) >= 11 is 0. The third-order valence-electron chi connectivity index (χ3n) is 4.26. The van der Waals surface area contributed by atoms with Crippen molar-refractivity contribution in [1.82, 2.24) is 0 Å². The fourth-order valence-electron chi connectivity index (χ4n) is 3.08. The fraction of sp³-hybridized carbons (Fsp3) is 0.476. The van der Waals surface area contributed by atoms with Crippen LogP contribution in [0.4, 0.5) is 0 Å². The van der Waals surface area contributed by atoms with E-state index in [0.29, 0.717) is 5.56 Å². The predicted octanol–water partition coefficient (Wildman–Crippen LogP) is 0.894. The maximum Gasteiger partial charge on any atom is 0.303 e. The van der Waals surface area contributed by atoms with Gasteiger partial charge in [-0.3, -0.25) is 24.2 Å². The molecule has 0 amide bonds. The Morgan fingerprint density at radius 3 is 2.03 bits per heavy atom. The maximum atomic E-state index is 11.8. The molecule has 1 saturated heterocycles. The third-order valence-corrected chi connectivity index (χ3v) is 4.26. The zero-order valence-electron chi connectivity index (χ0n) is 18.0. The lowest BCUT2D eigenvalue weighted by atomic mass is 9.97. The topological polar surface area (TPSA) is 147 Å². The number of para-hydroxylation sites is 1. The Morgan fingerprint density at radius 1 is 0.906 bits per heavy atom. The fourth-order valence-corrected chi connectivity index (χ4v) is 3.08. The van der Waals surface area contributed by atoms with Crippen LogP contribution in [0.25, 0.3) is 0 Å². The van der Waals surface area contributed by atoms with Gasteiger partial charge in [-0.1, -0.05) is 12.1 Å². The van der Waals surface area contributed by atoms with E-state index in [-0.39, 0.29) is 12.4 Å². The smallest absolute Gasteiger partial charge is 0.303 e. The lowest BCUT2D eigenvalue weighted by Gasteiger charge is -2.43. The van der Waals surface area contributed by atoms with Crippen molar-refractivity contribution >= 4 is 30.1 Å². The lowest BCUT2D eigenvalue weighted by molar-refractivity contribution is -0.250. The molecule has 2 rings (SSSR count). The molecule has 5 atom stereocenters. The monoisotopic (exact) mass is 451 g/mol. The molecule has 0 unspecified atom stereocenters. The molecule has 0 spiro atoms.